The summed E-state index contributed by atoms with van der Waals surface area (Å²) in [6.07, 6.45) is 5.23. The molecule has 1 fully saturated rings. The molecule has 2 aliphatic rings. The molecule has 100 valence electrons. The van der Waals surface area contributed by atoms with Gasteiger partial charge in [-0.1, -0.05) is 18.0 Å². The second kappa shape index (κ2) is 4.50. The minimum absolute atomic E-state index is 0.801. The second-order valence-electron chi connectivity index (χ2n) is 5.68. The number of fused-ring (bicyclic) bond motifs is 3. The van der Waals surface area contributed by atoms with Crippen molar-refractivity contribution in [1.82, 2.24) is 14.5 Å². The highest BCUT2D eigenvalue weighted by Crippen LogP contribution is 2.27. The van der Waals surface area contributed by atoms with Crippen LogP contribution in [0.3, 0.4) is 0 Å². The van der Waals surface area contributed by atoms with Gasteiger partial charge in [-0.3, -0.25) is 4.90 Å². The van der Waals surface area contributed by atoms with Crippen LogP contribution < -0.4 is 0 Å². The van der Waals surface area contributed by atoms with Gasteiger partial charge in [0, 0.05) is 37.1 Å². The molecule has 1 aromatic heterocycles. The van der Waals surface area contributed by atoms with E-state index in [0.717, 1.165) is 42.6 Å². The lowest BCUT2D eigenvalue weighted by atomic mass is 9.91. The monoisotopic (exact) mass is 275 g/mol. The van der Waals surface area contributed by atoms with Crippen molar-refractivity contribution in [2.75, 3.05) is 13.1 Å². The number of nitrogens with zero attached hydrogens (tertiary/aromatic N) is 3. The smallest absolute Gasteiger partial charge is 0.111 e. The zero-order valence-corrected chi connectivity index (χ0v) is 11.7. The lowest BCUT2D eigenvalue weighted by Gasteiger charge is -2.36. The van der Waals surface area contributed by atoms with E-state index in [1.54, 1.807) is 0 Å². The van der Waals surface area contributed by atoms with E-state index in [1.807, 2.05) is 18.2 Å². The highest BCUT2D eigenvalue weighted by molar-refractivity contribution is 6.31. The molecule has 0 unspecified atom stereocenters. The summed E-state index contributed by atoms with van der Waals surface area (Å²) < 4.78 is 2.36. The van der Waals surface area contributed by atoms with Gasteiger partial charge >= 0.3 is 0 Å². The first-order chi connectivity index (χ1) is 9.31. The molecule has 0 amide bonds. The van der Waals surface area contributed by atoms with Gasteiger partial charge < -0.3 is 4.57 Å². The van der Waals surface area contributed by atoms with Crippen LogP contribution in [0.4, 0.5) is 0 Å². The van der Waals surface area contributed by atoms with E-state index in [9.17, 15) is 0 Å². The number of hydrogen-bond acceptors (Lipinski definition) is 2. The molecule has 3 nitrogen and oxygen atoms in total. The number of aromatic nitrogens is 2. The van der Waals surface area contributed by atoms with E-state index in [2.05, 4.69) is 9.47 Å². The molecule has 2 aromatic rings. The van der Waals surface area contributed by atoms with Gasteiger partial charge in [-0.05, 0) is 31.0 Å². The Morgan fingerprint density at radius 2 is 2.05 bits per heavy atom. The minimum Gasteiger partial charge on any atom is -0.327 e. The Bertz CT molecular complexity index is 615. The largest absolute Gasteiger partial charge is 0.327 e. The van der Waals surface area contributed by atoms with Crippen molar-refractivity contribution >= 4 is 22.6 Å². The fourth-order valence-corrected chi connectivity index (χ4v) is 3.45. The molecule has 0 radical (unpaired) electrons. The van der Waals surface area contributed by atoms with Crippen molar-refractivity contribution in [1.29, 1.82) is 0 Å². The molecule has 1 aromatic carbocycles. The molecule has 1 aliphatic heterocycles. The summed E-state index contributed by atoms with van der Waals surface area (Å²) in [5.74, 6) is 1.22. The van der Waals surface area contributed by atoms with Crippen molar-refractivity contribution in [3.05, 3.63) is 29.0 Å². The van der Waals surface area contributed by atoms with E-state index in [1.165, 1.54) is 30.6 Å². The van der Waals surface area contributed by atoms with E-state index in [0.29, 0.717) is 0 Å². The first-order valence-electron chi connectivity index (χ1n) is 7.20. The zero-order chi connectivity index (χ0) is 12.8. The molecule has 4 heteroatoms. The van der Waals surface area contributed by atoms with Gasteiger partial charge in [0.15, 0.2) is 0 Å². The molecule has 1 aliphatic carbocycles. The van der Waals surface area contributed by atoms with E-state index < -0.39 is 0 Å². The van der Waals surface area contributed by atoms with Crippen LogP contribution in [-0.4, -0.2) is 33.6 Å². The Balaban J connectivity index is 1.67. The normalized spacial score (nSPS) is 21.1. The maximum Gasteiger partial charge on any atom is 0.111 e. The predicted molar refractivity (Wildman–Crippen MR) is 77.7 cm³/mol. The summed E-state index contributed by atoms with van der Waals surface area (Å²) in [5, 5.41) is 0.801. The van der Waals surface area contributed by atoms with Crippen LogP contribution in [0.2, 0.25) is 5.02 Å². The Morgan fingerprint density at radius 3 is 2.84 bits per heavy atom. The molecule has 0 saturated heterocycles. The van der Waals surface area contributed by atoms with E-state index in [-0.39, 0.29) is 0 Å². The van der Waals surface area contributed by atoms with E-state index in [4.69, 9.17) is 16.6 Å². The van der Waals surface area contributed by atoms with Crippen LogP contribution in [0.15, 0.2) is 18.2 Å². The van der Waals surface area contributed by atoms with Crippen LogP contribution in [-0.2, 0) is 13.0 Å². The fourth-order valence-electron chi connectivity index (χ4n) is 3.29. The van der Waals surface area contributed by atoms with Crippen molar-refractivity contribution < 1.29 is 0 Å². The lowest BCUT2D eigenvalue weighted by Crippen LogP contribution is -2.41. The molecule has 2 heterocycles. The molecule has 0 atom stereocenters. The number of rotatable bonds is 1. The average Bonchev–Trinajstić information content (AvgIpc) is 2.54. The van der Waals surface area contributed by atoms with Crippen LogP contribution in [0.25, 0.3) is 11.0 Å². The third-order valence-electron chi connectivity index (χ3n) is 4.61. The molecule has 1 saturated carbocycles. The molecule has 0 bridgehead atoms. The average molecular weight is 276 g/mol. The van der Waals surface area contributed by atoms with Crippen LogP contribution in [0, 0.1) is 0 Å². The molecule has 0 N–H and O–H groups in total. The van der Waals surface area contributed by atoms with Gasteiger partial charge in [0.2, 0.25) is 0 Å². The second-order valence-corrected chi connectivity index (χ2v) is 6.12. The highest BCUT2D eigenvalue weighted by atomic mass is 35.5. The minimum atomic E-state index is 0.801. The van der Waals surface area contributed by atoms with Gasteiger partial charge in [-0.15, -0.1) is 0 Å². The van der Waals surface area contributed by atoms with Crippen LogP contribution in [0.1, 0.15) is 25.1 Å². The van der Waals surface area contributed by atoms with Crippen molar-refractivity contribution in [3.8, 4) is 0 Å². The van der Waals surface area contributed by atoms with Gasteiger partial charge in [0.1, 0.15) is 5.82 Å². The van der Waals surface area contributed by atoms with Crippen LogP contribution in [0.5, 0.6) is 0 Å². The maximum absolute atomic E-state index is 6.12. The Labute approximate surface area is 118 Å². The number of imidazole rings is 1. The van der Waals surface area contributed by atoms with Gasteiger partial charge in [0.05, 0.1) is 11.0 Å². The number of benzene rings is 1. The fraction of sp³-hybridized carbons (Fsp3) is 0.533. The van der Waals surface area contributed by atoms with Crippen molar-refractivity contribution in [3.63, 3.8) is 0 Å². The third-order valence-corrected chi connectivity index (χ3v) is 4.85. The number of halogens is 1. The third kappa shape index (κ3) is 1.96. The Hall–Kier alpha value is -1.06. The molecule has 4 rings (SSSR count). The summed E-state index contributed by atoms with van der Waals surface area (Å²) in [6.45, 7) is 3.35. The summed E-state index contributed by atoms with van der Waals surface area (Å²) >= 11 is 6.12. The van der Waals surface area contributed by atoms with Crippen molar-refractivity contribution in [2.45, 2.75) is 38.3 Å². The SMILES string of the molecule is Clc1ccc2nc3n(c2c1)CCN(C1CCC1)CC3. The summed E-state index contributed by atoms with van der Waals surface area (Å²) in [5.41, 5.74) is 2.27. The Kier molecular flexibility index (Phi) is 2.78. The van der Waals surface area contributed by atoms with Gasteiger partial charge in [-0.25, -0.2) is 4.98 Å². The topological polar surface area (TPSA) is 21.1 Å². The number of hydrogen-bond donors (Lipinski definition) is 0. The first kappa shape index (κ1) is 11.7. The first-order valence-corrected chi connectivity index (χ1v) is 7.58. The highest BCUT2D eigenvalue weighted by Gasteiger charge is 2.27. The van der Waals surface area contributed by atoms with Crippen LogP contribution >= 0.6 is 11.6 Å². The summed E-state index contributed by atoms with van der Waals surface area (Å²) in [6, 6.07) is 6.84. The predicted octanol–water partition coefficient (Wildman–Crippen LogP) is 3.10. The summed E-state index contributed by atoms with van der Waals surface area (Å²) in [4.78, 5) is 7.42. The Morgan fingerprint density at radius 1 is 1.16 bits per heavy atom. The maximum atomic E-state index is 6.12. The van der Waals surface area contributed by atoms with Gasteiger partial charge in [-0.2, -0.15) is 0 Å². The molecular formula is C15H18ClN3. The van der Waals surface area contributed by atoms with E-state index >= 15 is 0 Å². The molecule has 19 heavy (non-hydrogen) atoms. The quantitative estimate of drug-likeness (QED) is 0.797. The van der Waals surface area contributed by atoms with Gasteiger partial charge in [0.25, 0.3) is 0 Å². The van der Waals surface area contributed by atoms with Crippen molar-refractivity contribution in [2.24, 2.45) is 0 Å². The summed E-state index contributed by atoms with van der Waals surface area (Å²) in [7, 11) is 0. The standard InChI is InChI=1S/C15H18ClN3/c16-11-4-5-13-14(10-11)19-9-8-18(12-2-1-3-12)7-6-15(19)17-13/h4-5,10,12H,1-3,6-9H2. The molecular weight excluding hydrogens is 258 g/mol. The zero-order valence-electron chi connectivity index (χ0n) is 11.0. The molecule has 0 spiro atoms. The lowest BCUT2D eigenvalue weighted by molar-refractivity contribution is 0.130.